The van der Waals surface area contributed by atoms with E-state index >= 15 is 0 Å². The minimum absolute atomic E-state index is 0.114. The minimum Gasteiger partial charge on any atom is -0.494 e. The van der Waals surface area contributed by atoms with Gasteiger partial charge < -0.3 is 25.6 Å². The molecule has 4 amide bonds. The predicted molar refractivity (Wildman–Crippen MR) is 131 cm³/mol. The molecule has 8 nitrogen and oxygen atoms in total. The van der Waals surface area contributed by atoms with Crippen LogP contribution in [0.1, 0.15) is 39.0 Å². The third-order valence-electron chi connectivity index (χ3n) is 6.19. The van der Waals surface area contributed by atoms with Crippen LogP contribution in [0.2, 0.25) is 5.02 Å². The van der Waals surface area contributed by atoms with Crippen molar-refractivity contribution in [2.45, 2.75) is 57.2 Å². The number of fused-ring (bicyclic) bond motifs is 1. The maximum atomic E-state index is 13.4. The van der Waals surface area contributed by atoms with Crippen LogP contribution in [0.3, 0.4) is 0 Å². The smallest absolute Gasteiger partial charge is 0.322 e. The average molecular weight is 485 g/mol. The number of carbonyl (C=O) groups is 3. The van der Waals surface area contributed by atoms with E-state index in [0.29, 0.717) is 28.8 Å². The molecule has 1 saturated carbocycles. The lowest BCUT2D eigenvalue weighted by Gasteiger charge is -2.47. The molecule has 0 bridgehead atoms. The zero-order valence-electron chi connectivity index (χ0n) is 19.1. The number of amides is 4. The highest BCUT2D eigenvalue weighted by Crippen LogP contribution is 2.30. The Morgan fingerprint density at radius 1 is 1.09 bits per heavy atom. The summed E-state index contributed by atoms with van der Waals surface area (Å²) in [6.45, 7) is 2.45. The molecule has 0 radical (unpaired) electrons. The van der Waals surface area contributed by atoms with Crippen LogP contribution < -0.4 is 20.7 Å². The monoisotopic (exact) mass is 484 g/mol. The Hall–Kier alpha value is -3.26. The van der Waals surface area contributed by atoms with Gasteiger partial charge >= 0.3 is 6.03 Å². The van der Waals surface area contributed by atoms with E-state index in [-0.39, 0.29) is 30.3 Å². The maximum absolute atomic E-state index is 13.4. The first-order chi connectivity index (χ1) is 16.4. The van der Waals surface area contributed by atoms with Gasteiger partial charge in [-0.3, -0.25) is 9.59 Å². The van der Waals surface area contributed by atoms with Crippen molar-refractivity contribution in [2.24, 2.45) is 0 Å². The summed E-state index contributed by atoms with van der Waals surface area (Å²) >= 11 is 6.06. The van der Waals surface area contributed by atoms with Gasteiger partial charge in [0.25, 0.3) is 0 Å². The number of ether oxygens (including phenoxy) is 1. The summed E-state index contributed by atoms with van der Waals surface area (Å²) in [5.74, 6) is 0.0460. The molecule has 1 saturated heterocycles. The van der Waals surface area contributed by atoms with E-state index < -0.39 is 12.1 Å². The maximum Gasteiger partial charge on any atom is 0.322 e. The Labute approximate surface area is 204 Å². The molecule has 180 valence electrons. The summed E-state index contributed by atoms with van der Waals surface area (Å²) < 4.78 is 5.42. The van der Waals surface area contributed by atoms with Gasteiger partial charge in [0.15, 0.2) is 0 Å². The Bertz CT molecular complexity index is 1050. The lowest BCUT2D eigenvalue weighted by molar-refractivity contribution is -0.135. The molecule has 3 atom stereocenters. The first-order valence-electron chi connectivity index (χ1n) is 11.6. The lowest BCUT2D eigenvalue weighted by Crippen LogP contribution is -2.68. The van der Waals surface area contributed by atoms with Crippen molar-refractivity contribution >= 4 is 40.8 Å². The summed E-state index contributed by atoms with van der Waals surface area (Å²) in [4.78, 5) is 40.8. The van der Waals surface area contributed by atoms with Gasteiger partial charge in [0.2, 0.25) is 11.8 Å². The highest BCUT2D eigenvalue weighted by atomic mass is 35.5. The fourth-order valence-corrected chi connectivity index (χ4v) is 4.87. The van der Waals surface area contributed by atoms with Gasteiger partial charge in [0.05, 0.1) is 19.1 Å². The largest absolute Gasteiger partial charge is 0.494 e. The number of carbonyl (C=O) groups excluding carboxylic acids is 3. The summed E-state index contributed by atoms with van der Waals surface area (Å²) in [6, 6.07) is 12.3. The second-order valence-electron chi connectivity index (χ2n) is 8.54. The third-order valence-corrected chi connectivity index (χ3v) is 6.43. The Morgan fingerprint density at radius 3 is 2.59 bits per heavy atom. The normalized spacial score (nSPS) is 21.8. The van der Waals surface area contributed by atoms with Crippen molar-refractivity contribution in [3.63, 3.8) is 0 Å². The summed E-state index contributed by atoms with van der Waals surface area (Å²) in [6.07, 6.45) is 3.38. The number of rotatable bonds is 6. The fraction of sp³-hybridized carbons (Fsp3) is 0.400. The minimum atomic E-state index is -0.916. The van der Waals surface area contributed by atoms with Crippen molar-refractivity contribution in [1.82, 2.24) is 10.2 Å². The van der Waals surface area contributed by atoms with Crippen LogP contribution >= 0.6 is 11.6 Å². The van der Waals surface area contributed by atoms with E-state index in [4.69, 9.17) is 16.3 Å². The number of nitrogens with one attached hydrogen (secondary N) is 3. The van der Waals surface area contributed by atoms with Crippen molar-refractivity contribution in [2.75, 3.05) is 17.2 Å². The number of piperazine rings is 1. The molecule has 0 aromatic heterocycles. The standard InChI is InChI=1S/C25H29ClN4O4/c1-2-34-19-12-10-17(11-13-19)27-23(31)15-22-24(32)29-20-8-3-4-9-21(20)30(22)25(33)28-18-7-5-6-16(26)14-18/h5-7,10-14,20-22H,2-4,8-9,15H2,1H3,(H,27,31)(H,28,33)(H,29,32)/t20-,21-,22-/m0/s1. The second kappa shape index (κ2) is 10.8. The summed E-state index contributed by atoms with van der Waals surface area (Å²) in [5, 5.41) is 9.21. The van der Waals surface area contributed by atoms with E-state index in [1.54, 1.807) is 53.4 Å². The predicted octanol–water partition coefficient (Wildman–Crippen LogP) is 4.41. The number of nitrogens with zero attached hydrogens (tertiary/aromatic N) is 1. The van der Waals surface area contributed by atoms with Crippen LogP contribution in [0.5, 0.6) is 5.75 Å². The Morgan fingerprint density at radius 2 is 1.85 bits per heavy atom. The van der Waals surface area contributed by atoms with Crippen LogP contribution in [0.4, 0.5) is 16.2 Å². The fourth-order valence-electron chi connectivity index (χ4n) is 4.68. The third kappa shape index (κ3) is 5.62. The summed E-state index contributed by atoms with van der Waals surface area (Å²) in [7, 11) is 0. The van der Waals surface area contributed by atoms with Crippen molar-refractivity contribution in [1.29, 1.82) is 0 Å². The number of halogens is 1. The SMILES string of the molecule is CCOc1ccc(NC(=O)C[C@H]2C(=O)N[C@H]3CCCC[C@@H]3N2C(=O)Nc2cccc(Cl)c2)cc1. The van der Waals surface area contributed by atoms with Gasteiger partial charge in [-0.05, 0) is 62.2 Å². The molecule has 2 aromatic rings. The molecule has 9 heteroatoms. The van der Waals surface area contributed by atoms with Gasteiger partial charge in [-0.15, -0.1) is 0 Å². The second-order valence-corrected chi connectivity index (χ2v) is 8.98. The molecule has 1 aliphatic heterocycles. The molecule has 34 heavy (non-hydrogen) atoms. The molecule has 0 unspecified atom stereocenters. The van der Waals surface area contributed by atoms with Crippen molar-refractivity contribution < 1.29 is 19.1 Å². The summed E-state index contributed by atoms with van der Waals surface area (Å²) in [5.41, 5.74) is 1.13. The van der Waals surface area contributed by atoms with Crippen molar-refractivity contribution in [3.8, 4) is 5.75 Å². The average Bonchev–Trinajstić information content (AvgIpc) is 2.81. The van der Waals surface area contributed by atoms with E-state index in [1.165, 1.54) is 0 Å². The van der Waals surface area contributed by atoms with Gasteiger partial charge in [0.1, 0.15) is 11.8 Å². The number of hydrogen-bond acceptors (Lipinski definition) is 4. The lowest BCUT2D eigenvalue weighted by atomic mass is 9.85. The topological polar surface area (TPSA) is 99.8 Å². The van der Waals surface area contributed by atoms with Crippen LogP contribution in [-0.2, 0) is 9.59 Å². The number of anilines is 2. The molecule has 1 heterocycles. The molecule has 1 aliphatic carbocycles. The van der Waals surface area contributed by atoms with E-state index in [0.717, 1.165) is 25.7 Å². The van der Waals surface area contributed by atoms with E-state index in [1.807, 2.05) is 6.92 Å². The molecule has 0 spiro atoms. The van der Waals surface area contributed by atoms with E-state index in [2.05, 4.69) is 16.0 Å². The van der Waals surface area contributed by atoms with Crippen LogP contribution in [-0.4, -0.2) is 47.5 Å². The highest BCUT2D eigenvalue weighted by molar-refractivity contribution is 6.30. The van der Waals surface area contributed by atoms with Gasteiger partial charge in [-0.1, -0.05) is 30.5 Å². The molecular weight excluding hydrogens is 456 g/mol. The highest BCUT2D eigenvalue weighted by Gasteiger charge is 2.46. The molecule has 4 rings (SSSR count). The Kier molecular flexibility index (Phi) is 7.57. The molecule has 2 aliphatic rings. The zero-order chi connectivity index (χ0) is 24.1. The number of benzene rings is 2. The molecular formula is C25H29ClN4O4. The van der Waals surface area contributed by atoms with Gasteiger partial charge in [-0.2, -0.15) is 0 Å². The Balaban J connectivity index is 1.51. The van der Waals surface area contributed by atoms with Gasteiger partial charge in [-0.25, -0.2) is 4.79 Å². The van der Waals surface area contributed by atoms with Crippen LogP contribution in [0, 0.1) is 0 Å². The first kappa shape index (κ1) is 23.9. The van der Waals surface area contributed by atoms with Crippen molar-refractivity contribution in [3.05, 3.63) is 53.6 Å². The van der Waals surface area contributed by atoms with Crippen LogP contribution in [0.15, 0.2) is 48.5 Å². The first-order valence-corrected chi connectivity index (χ1v) is 12.0. The molecule has 2 aromatic carbocycles. The quantitative estimate of drug-likeness (QED) is 0.565. The zero-order valence-corrected chi connectivity index (χ0v) is 19.8. The van der Waals surface area contributed by atoms with E-state index in [9.17, 15) is 14.4 Å². The van der Waals surface area contributed by atoms with Gasteiger partial charge in [0, 0.05) is 22.4 Å². The number of urea groups is 1. The van der Waals surface area contributed by atoms with Crippen LogP contribution in [0.25, 0.3) is 0 Å². The molecule has 3 N–H and O–H groups in total. The molecule has 2 fully saturated rings. The number of hydrogen-bond donors (Lipinski definition) is 3.